The second-order valence-corrected chi connectivity index (χ2v) is 33.5. The molecule has 2 saturated heterocycles. The van der Waals surface area contributed by atoms with Gasteiger partial charge in [-0.2, -0.15) is 54.1 Å². The van der Waals surface area contributed by atoms with E-state index in [9.17, 15) is 83.1 Å². The zero-order valence-corrected chi connectivity index (χ0v) is 54.4. The Morgan fingerprint density at radius 1 is 0.391 bits per heavy atom. The van der Waals surface area contributed by atoms with Crippen LogP contribution in [0.2, 0.25) is 0 Å². The number of hydrogen-bond donors (Lipinski definition) is 22. The molecule has 532 valence electrons. The molecule has 0 aromatic rings. The predicted octanol–water partition coefficient (Wildman–Crippen LogP) is -3.12. The quantitative estimate of drug-likeness (QED) is 0.0176. The summed E-state index contributed by atoms with van der Waals surface area (Å²) < 4.78 is 145. The van der Waals surface area contributed by atoms with Crippen LogP contribution in [0.5, 0.6) is 0 Å². The lowest BCUT2D eigenvalue weighted by atomic mass is 9.65. The topological polar surface area (TPSA) is 570 Å². The third-order valence-electron chi connectivity index (χ3n) is 20.7. The minimum atomic E-state index is -4.91. The van der Waals surface area contributed by atoms with Gasteiger partial charge in [-0.25, -0.2) is 19.6 Å². The molecule has 38 nitrogen and oxygen atoms in total. The zero-order valence-electron chi connectivity index (χ0n) is 51.1. The molecular formula is C50H96N16O22S4. The highest BCUT2D eigenvalue weighted by Gasteiger charge is 2.58. The van der Waals surface area contributed by atoms with E-state index in [1.807, 2.05) is 0 Å². The summed E-state index contributed by atoms with van der Waals surface area (Å²) in [6.07, 6.45) is -3.17. The molecule has 9 rings (SSSR count). The second-order valence-electron chi connectivity index (χ2n) is 26.9. The van der Waals surface area contributed by atoms with Gasteiger partial charge in [0.1, 0.15) is 60.3 Å². The van der Waals surface area contributed by atoms with E-state index in [4.69, 9.17) is 0 Å². The highest BCUT2D eigenvalue weighted by molar-refractivity contribution is 7.87. The molecule has 0 radical (unpaired) electrons. The molecule has 0 aromatic carbocycles. The van der Waals surface area contributed by atoms with E-state index in [0.29, 0.717) is 64.2 Å². The maximum Gasteiger partial charge on any atom is 0.270 e. The Bertz CT molecular complexity index is 2690. The SMILES string of the molecule is CNC1NC(NC2CCC(NC3NC(NC)NC(NC4CC(S(=O)(=O)O)CC5CC(S(=O)(=O)O)C(N=NC6CC(COO)CC(COO)C6)C(O)C54)N3)CC2)NC(NC2CC(S(=O)(=O)O)CC3CC(S(=O)(=O)O)C(N=NC4CC(COO)CC(COO)C4)C(O)C32)N1. The van der Waals surface area contributed by atoms with Crippen molar-refractivity contribution in [3.05, 3.63) is 0 Å². The smallest absolute Gasteiger partial charge is 0.270 e. The van der Waals surface area contributed by atoms with Crippen LogP contribution in [-0.4, -0.2) is 243 Å². The predicted molar refractivity (Wildman–Crippen MR) is 322 cm³/mol. The molecule has 7 aliphatic carbocycles. The molecular weight excluding hydrogens is 1300 g/mol. The van der Waals surface area contributed by atoms with Crippen molar-refractivity contribution in [3.63, 3.8) is 0 Å². The van der Waals surface area contributed by atoms with Crippen LogP contribution >= 0.6 is 0 Å². The van der Waals surface area contributed by atoms with Gasteiger partial charge in [0, 0.05) is 36.0 Å². The monoisotopic (exact) mass is 1400 g/mol. The molecule has 9 fully saturated rings. The number of aliphatic hydroxyl groups excluding tert-OH is 2. The van der Waals surface area contributed by atoms with Gasteiger partial charge >= 0.3 is 0 Å². The van der Waals surface area contributed by atoms with Gasteiger partial charge in [0.15, 0.2) is 0 Å². The fraction of sp³-hybridized carbons (Fsp3) is 1.00. The molecule has 9 aliphatic rings. The maximum absolute atomic E-state index is 13.0. The molecule has 0 spiro atoms. The lowest BCUT2D eigenvalue weighted by Crippen LogP contribution is -2.79. The van der Waals surface area contributed by atoms with Crippen molar-refractivity contribution in [2.75, 3.05) is 40.5 Å². The van der Waals surface area contributed by atoms with E-state index in [-0.39, 0.29) is 101 Å². The number of fused-ring (bicyclic) bond motifs is 2. The Hall–Kier alpha value is -2.04. The summed E-state index contributed by atoms with van der Waals surface area (Å²) in [6, 6.07) is -5.96. The molecule has 2 heterocycles. The van der Waals surface area contributed by atoms with E-state index < -0.39 is 171 Å². The summed E-state index contributed by atoms with van der Waals surface area (Å²) in [4.78, 5) is 17.5. The average Bonchev–Trinajstić information content (AvgIpc) is 0.811. The summed E-state index contributed by atoms with van der Waals surface area (Å²) in [5.41, 5.74) is 0. The van der Waals surface area contributed by atoms with Gasteiger partial charge in [0.2, 0.25) is 0 Å². The largest absolute Gasteiger partial charge is 0.390 e. The van der Waals surface area contributed by atoms with E-state index in [1.54, 1.807) is 14.1 Å². The van der Waals surface area contributed by atoms with Gasteiger partial charge in [-0.3, -0.25) is 103 Å². The highest BCUT2D eigenvalue weighted by Crippen LogP contribution is 2.48. The van der Waals surface area contributed by atoms with E-state index >= 15 is 0 Å². The lowest BCUT2D eigenvalue weighted by molar-refractivity contribution is -0.263. The first-order valence-corrected chi connectivity index (χ1v) is 37.6. The highest BCUT2D eigenvalue weighted by atomic mass is 32.2. The number of nitrogens with one attached hydrogen (secondary N) is 12. The standard InChI is InChI=1S/C50H96N16O22S4/c1-51-45-57-47(61-49(59-45)55-35-17-33(89(73,74)75)13-27-15-37(91(79,80)81)41(43(67)39(27)35)65-63-31-9-23(19-85-69)7-24(10-31)20-86-70)53-29-3-5-30(6-4-29)54-48-58-46(52-2)60-50(62-48)56-36-18-34(90(76,77)78)14-28-16-38(92(82,83)84)42(44(68)40(28)36)66-64-32-11-25(21-87-71)8-26(12-32)22-88-72/h23-62,67-72H,3-22H2,1-2H3,(H,73,74,75)(H,76,77,78)(H,79,80,81)(H,82,83,84). The van der Waals surface area contributed by atoms with Gasteiger partial charge in [0.25, 0.3) is 40.5 Å². The number of azo groups is 2. The molecule has 24 unspecified atom stereocenters. The Balaban J connectivity index is 0.833. The van der Waals surface area contributed by atoms with Crippen LogP contribution in [0, 0.1) is 47.3 Å². The molecule has 2 aliphatic heterocycles. The van der Waals surface area contributed by atoms with Crippen molar-refractivity contribution in [2.24, 2.45) is 67.8 Å². The van der Waals surface area contributed by atoms with Crippen LogP contribution in [0.4, 0.5) is 0 Å². The molecule has 0 aromatic heterocycles. The van der Waals surface area contributed by atoms with Crippen molar-refractivity contribution in [2.45, 2.75) is 222 Å². The summed E-state index contributed by atoms with van der Waals surface area (Å²) in [7, 11) is -15.8. The van der Waals surface area contributed by atoms with Crippen molar-refractivity contribution >= 4 is 40.5 Å². The van der Waals surface area contributed by atoms with Crippen LogP contribution in [-0.2, 0) is 60.0 Å². The summed E-state index contributed by atoms with van der Waals surface area (Å²) in [5, 5.41) is 113. The van der Waals surface area contributed by atoms with Crippen molar-refractivity contribution in [3.8, 4) is 0 Å². The van der Waals surface area contributed by atoms with Gasteiger partial charge in [-0.15, -0.1) is 0 Å². The summed E-state index contributed by atoms with van der Waals surface area (Å²) in [5.74, 6) is -4.27. The number of nitrogens with zero attached hydrogens (tertiary/aromatic N) is 4. The minimum Gasteiger partial charge on any atom is -0.390 e. The Morgan fingerprint density at radius 3 is 0.978 bits per heavy atom. The van der Waals surface area contributed by atoms with Gasteiger partial charge < -0.3 is 10.2 Å². The fourth-order valence-corrected chi connectivity index (χ4v) is 20.6. The van der Waals surface area contributed by atoms with Crippen LogP contribution in [0.25, 0.3) is 0 Å². The molecule has 92 heavy (non-hydrogen) atoms. The minimum absolute atomic E-state index is 0.0439. The number of hydrogen-bond acceptors (Lipinski definition) is 34. The van der Waals surface area contributed by atoms with Gasteiger partial charge in [0.05, 0.1) is 61.2 Å². The van der Waals surface area contributed by atoms with Crippen molar-refractivity contribution in [1.82, 2.24) is 63.8 Å². The summed E-state index contributed by atoms with van der Waals surface area (Å²) in [6.45, 7) is -0.176. The van der Waals surface area contributed by atoms with Crippen LogP contribution < -0.4 is 63.8 Å². The Kier molecular flexibility index (Phi) is 26.1. The first-order chi connectivity index (χ1) is 43.6. The van der Waals surface area contributed by atoms with Crippen molar-refractivity contribution in [1.29, 1.82) is 0 Å². The van der Waals surface area contributed by atoms with Crippen LogP contribution in [0.3, 0.4) is 0 Å². The molecule has 42 heteroatoms. The first-order valence-electron chi connectivity index (χ1n) is 31.6. The van der Waals surface area contributed by atoms with E-state index in [0.717, 1.165) is 0 Å². The Morgan fingerprint density at radius 2 is 0.696 bits per heavy atom. The maximum atomic E-state index is 13.0. The van der Waals surface area contributed by atoms with E-state index in [1.165, 1.54) is 0 Å². The Labute approximate surface area is 535 Å². The molecule has 24 atom stereocenters. The number of rotatable bonds is 26. The molecule has 0 bridgehead atoms. The number of aliphatic hydroxyl groups is 2. The van der Waals surface area contributed by atoms with Crippen LogP contribution in [0.15, 0.2) is 20.5 Å². The molecule has 22 N–H and O–H groups in total. The average molecular weight is 1400 g/mol. The van der Waals surface area contributed by atoms with Gasteiger partial charge in [-0.05, 0) is 152 Å². The lowest BCUT2D eigenvalue weighted by Gasteiger charge is -2.51. The fourth-order valence-electron chi connectivity index (χ4n) is 16.6. The third-order valence-corrected chi connectivity index (χ3v) is 25.6. The molecule has 0 amide bonds. The second kappa shape index (κ2) is 32.3. The summed E-state index contributed by atoms with van der Waals surface area (Å²) >= 11 is 0. The zero-order chi connectivity index (χ0) is 66.5. The normalized spacial score (nSPS) is 43.8. The van der Waals surface area contributed by atoms with E-state index in [2.05, 4.69) is 104 Å². The third kappa shape index (κ3) is 19.2. The van der Waals surface area contributed by atoms with Gasteiger partial charge in [-0.1, -0.05) is 0 Å². The molecule has 7 saturated carbocycles. The van der Waals surface area contributed by atoms with Crippen LogP contribution in [0.1, 0.15) is 103 Å². The van der Waals surface area contributed by atoms with Crippen molar-refractivity contribution < 1.29 is 103 Å². The first kappa shape index (κ1) is 74.2.